The average molecular weight is 459 g/mol. The molecule has 0 aromatic carbocycles. The smallest absolute Gasteiger partial charge is 0.240 e. The van der Waals surface area contributed by atoms with Gasteiger partial charge in [-0.1, -0.05) is 34.1 Å². The lowest BCUT2D eigenvalue weighted by molar-refractivity contribution is -0.203. The van der Waals surface area contributed by atoms with E-state index in [1.807, 2.05) is 0 Å². The Morgan fingerprint density at radius 1 is 1.09 bits per heavy atom. The van der Waals surface area contributed by atoms with Crippen LogP contribution in [0.4, 0.5) is 0 Å². The molecule has 4 unspecified atom stereocenters. The summed E-state index contributed by atoms with van der Waals surface area (Å²) < 4.78 is 0. The van der Waals surface area contributed by atoms with Crippen molar-refractivity contribution < 1.29 is 15.1 Å². The summed E-state index contributed by atoms with van der Waals surface area (Å²) in [6.45, 7) is 13.5. The minimum absolute atomic E-state index is 0.173. The molecule has 186 valence electrons. The van der Waals surface area contributed by atoms with Gasteiger partial charge in [0.05, 0.1) is 12.2 Å². The standard InChI is InChI=1S/C28H46N2O3/c1-6-19-23-15-18(31)11-13-28(23,5)22-12-14-27(4)20(8-9-21(27)25(22)26(19)32)16(2)7-10-24-29-17(3)33-30-24/h16,18-23,25-26,31-32H,3,6-15H2,1-2,4-5H3,(H,29,30)/t16-,18-,19-,20-,21?,22?,23+,25?,26?,27-,28-/m1/s1. The Labute approximate surface area is 200 Å². The monoisotopic (exact) mass is 458 g/mol. The molecule has 1 aliphatic heterocycles. The van der Waals surface area contributed by atoms with Crippen LogP contribution in [-0.2, 0) is 4.84 Å². The summed E-state index contributed by atoms with van der Waals surface area (Å²) in [7, 11) is 0. The Kier molecular flexibility index (Phi) is 6.13. The topological polar surface area (TPSA) is 74.1 Å². The lowest BCUT2D eigenvalue weighted by atomic mass is 9.41. The summed E-state index contributed by atoms with van der Waals surface area (Å²) >= 11 is 0. The van der Waals surface area contributed by atoms with Gasteiger partial charge in [-0.15, -0.1) is 0 Å². The molecule has 0 spiro atoms. The number of nitrogens with zero attached hydrogens (tertiary/aromatic N) is 1. The van der Waals surface area contributed by atoms with Gasteiger partial charge in [-0.05, 0) is 110 Å². The summed E-state index contributed by atoms with van der Waals surface area (Å²) in [4.78, 5) is 9.55. The zero-order chi connectivity index (χ0) is 23.5. The average Bonchev–Trinajstić information content (AvgIpc) is 3.36. The van der Waals surface area contributed by atoms with Gasteiger partial charge in [0.15, 0.2) is 0 Å². The van der Waals surface area contributed by atoms with Gasteiger partial charge in [0.25, 0.3) is 0 Å². The summed E-state index contributed by atoms with van der Waals surface area (Å²) in [5.41, 5.74) is 3.51. The van der Waals surface area contributed by atoms with Crippen molar-refractivity contribution in [1.29, 1.82) is 0 Å². The van der Waals surface area contributed by atoms with Crippen molar-refractivity contribution in [3.8, 4) is 0 Å². The van der Waals surface area contributed by atoms with E-state index in [-0.39, 0.29) is 17.6 Å². The zero-order valence-electron chi connectivity index (χ0n) is 21.2. The molecule has 5 heteroatoms. The first-order chi connectivity index (χ1) is 15.7. The van der Waals surface area contributed by atoms with E-state index in [0.29, 0.717) is 52.7 Å². The van der Waals surface area contributed by atoms with Gasteiger partial charge in [-0.25, -0.2) is 5.48 Å². The molecule has 0 aromatic rings. The predicted molar refractivity (Wildman–Crippen MR) is 131 cm³/mol. The van der Waals surface area contributed by atoms with E-state index in [1.54, 1.807) is 0 Å². The van der Waals surface area contributed by atoms with Crippen LogP contribution in [0.1, 0.15) is 91.9 Å². The molecule has 0 amide bonds. The van der Waals surface area contributed by atoms with E-state index in [2.05, 4.69) is 44.7 Å². The third kappa shape index (κ3) is 3.67. The van der Waals surface area contributed by atoms with E-state index >= 15 is 0 Å². The summed E-state index contributed by atoms with van der Waals surface area (Å²) in [5.74, 6) is 5.18. The fourth-order valence-electron chi connectivity index (χ4n) is 9.92. The Hall–Kier alpha value is -1.07. The Morgan fingerprint density at radius 2 is 1.82 bits per heavy atom. The molecule has 5 rings (SSSR count). The number of aliphatic hydroxyl groups excluding tert-OH is 2. The highest BCUT2D eigenvalue weighted by Crippen LogP contribution is 2.69. The molecule has 4 aliphatic carbocycles. The van der Waals surface area contributed by atoms with Gasteiger partial charge in [0.2, 0.25) is 5.88 Å². The van der Waals surface area contributed by atoms with Crippen molar-refractivity contribution in [2.45, 2.75) is 104 Å². The zero-order valence-corrected chi connectivity index (χ0v) is 21.2. The van der Waals surface area contributed by atoms with Crippen molar-refractivity contribution in [2.24, 2.45) is 57.2 Å². The van der Waals surface area contributed by atoms with Crippen LogP contribution < -0.4 is 5.48 Å². The number of hydrogen-bond donors (Lipinski definition) is 3. The quantitative estimate of drug-likeness (QED) is 0.513. The normalized spacial score (nSPS) is 49.9. The summed E-state index contributed by atoms with van der Waals surface area (Å²) in [6.07, 6.45) is 10.7. The third-order valence-corrected chi connectivity index (χ3v) is 11.5. The molecule has 4 fully saturated rings. The second kappa shape index (κ2) is 8.55. The van der Waals surface area contributed by atoms with Crippen molar-refractivity contribution in [2.75, 3.05) is 0 Å². The van der Waals surface area contributed by atoms with Gasteiger partial charge in [-0.2, -0.15) is 4.99 Å². The fourth-order valence-corrected chi connectivity index (χ4v) is 9.92. The number of aliphatic hydroxyl groups is 2. The highest BCUT2D eigenvalue weighted by atomic mass is 16.7. The van der Waals surface area contributed by atoms with Crippen molar-refractivity contribution in [1.82, 2.24) is 5.48 Å². The molecule has 3 N–H and O–H groups in total. The number of hydroxylamine groups is 1. The Balaban J connectivity index is 1.36. The second-order valence-corrected chi connectivity index (χ2v) is 12.8. The van der Waals surface area contributed by atoms with Crippen LogP contribution in [0.15, 0.2) is 17.5 Å². The molecule has 0 radical (unpaired) electrons. The first-order valence-electron chi connectivity index (χ1n) is 13.7. The molecule has 33 heavy (non-hydrogen) atoms. The SMILES string of the molecule is C=C1N=C(CC[C@@H](C)[C@H]2CCC3C4C(O)[C@H](CC)[C@@H]5C[C@H](O)CC[C@]5(C)C4CC[C@@]32C)NO1. The second-order valence-electron chi connectivity index (χ2n) is 12.8. The van der Waals surface area contributed by atoms with Crippen LogP contribution >= 0.6 is 0 Å². The minimum Gasteiger partial charge on any atom is -0.393 e. The number of amidine groups is 1. The molecule has 0 bridgehead atoms. The third-order valence-electron chi connectivity index (χ3n) is 11.5. The molecule has 4 saturated carbocycles. The van der Waals surface area contributed by atoms with Crippen molar-refractivity contribution >= 4 is 5.84 Å². The van der Waals surface area contributed by atoms with Crippen LogP contribution in [0.25, 0.3) is 0 Å². The summed E-state index contributed by atoms with van der Waals surface area (Å²) in [5, 5.41) is 22.3. The molecular formula is C28H46N2O3. The number of aliphatic imine (C=N–C) groups is 1. The van der Waals surface area contributed by atoms with Gasteiger partial charge >= 0.3 is 0 Å². The lowest BCUT2D eigenvalue weighted by Gasteiger charge is -2.64. The molecule has 1 heterocycles. The maximum atomic E-state index is 11.8. The van der Waals surface area contributed by atoms with Gasteiger partial charge in [-0.3, -0.25) is 0 Å². The Morgan fingerprint density at radius 3 is 2.52 bits per heavy atom. The molecule has 0 aromatic heterocycles. The van der Waals surface area contributed by atoms with Gasteiger partial charge in [0, 0.05) is 6.42 Å². The van der Waals surface area contributed by atoms with E-state index in [1.165, 1.54) is 25.7 Å². The maximum Gasteiger partial charge on any atom is 0.240 e. The lowest BCUT2D eigenvalue weighted by Crippen LogP contribution is -2.62. The first-order valence-corrected chi connectivity index (χ1v) is 13.7. The predicted octanol–water partition coefficient (Wildman–Crippen LogP) is 5.43. The highest BCUT2D eigenvalue weighted by molar-refractivity contribution is 5.83. The van der Waals surface area contributed by atoms with Crippen LogP contribution in [-0.4, -0.2) is 28.3 Å². The number of fused-ring (bicyclic) bond motifs is 5. The Bertz CT molecular complexity index is 798. The van der Waals surface area contributed by atoms with Gasteiger partial charge in [0.1, 0.15) is 5.84 Å². The van der Waals surface area contributed by atoms with E-state index in [9.17, 15) is 10.2 Å². The van der Waals surface area contributed by atoms with E-state index in [4.69, 9.17) is 4.84 Å². The number of nitrogens with one attached hydrogen (secondary N) is 1. The fraction of sp³-hybridized carbons (Fsp3) is 0.893. The molecule has 0 saturated heterocycles. The summed E-state index contributed by atoms with van der Waals surface area (Å²) in [6, 6.07) is 0. The van der Waals surface area contributed by atoms with Crippen LogP contribution in [0.2, 0.25) is 0 Å². The largest absolute Gasteiger partial charge is 0.393 e. The molecule has 11 atom stereocenters. The number of hydrogen-bond acceptors (Lipinski definition) is 5. The molecular weight excluding hydrogens is 412 g/mol. The number of rotatable bonds is 5. The maximum absolute atomic E-state index is 11.8. The highest BCUT2D eigenvalue weighted by Gasteiger charge is 2.64. The van der Waals surface area contributed by atoms with Crippen LogP contribution in [0, 0.1) is 52.3 Å². The van der Waals surface area contributed by atoms with Crippen LogP contribution in [0.3, 0.4) is 0 Å². The van der Waals surface area contributed by atoms with Crippen molar-refractivity contribution in [3.63, 3.8) is 0 Å². The molecule has 5 nitrogen and oxygen atoms in total. The van der Waals surface area contributed by atoms with Crippen molar-refractivity contribution in [3.05, 3.63) is 12.5 Å². The first kappa shape index (κ1) is 23.7. The molecule has 5 aliphatic rings. The minimum atomic E-state index is -0.206. The van der Waals surface area contributed by atoms with E-state index in [0.717, 1.165) is 44.4 Å². The van der Waals surface area contributed by atoms with Crippen LogP contribution in [0.5, 0.6) is 0 Å². The van der Waals surface area contributed by atoms with E-state index < -0.39 is 0 Å². The van der Waals surface area contributed by atoms with Gasteiger partial charge < -0.3 is 15.1 Å².